The van der Waals surface area contributed by atoms with Crippen LogP contribution in [0.1, 0.15) is 30.8 Å². The molecule has 2 amide bonds. The zero-order valence-electron chi connectivity index (χ0n) is 17.7. The molecular weight excluding hydrogens is 398 g/mol. The molecular formula is C21H29N7OS. The van der Waals surface area contributed by atoms with Crippen LogP contribution in [0.15, 0.2) is 36.0 Å². The molecule has 30 heavy (non-hydrogen) atoms. The minimum Gasteiger partial charge on any atom is -0.336 e. The first-order valence-corrected chi connectivity index (χ1v) is 11.2. The van der Waals surface area contributed by atoms with E-state index in [-0.39, 0.29) is 18.1 Å². The van der Waals surface area contributed by atoms with Crippen LogP contribution in [0.5, 0.6) is 0 Å². The van der Waals surface area contributed by atoms with Gasteiger partial charge in [0.15, 0.2) is 5.65 Å². The van der Waals surface area contributed by atoms with Crippen LogP contribution in [0.2, 0.25) is 0 Å². The maximum absolute atomic E-state index is 12.6. The van der Waals surface area contributed by atoms with E-state index in [2.05, 4.69) is 68.9 Å². The maximum Gasteiger partial charge on any atom is 0.319 e. The molecule has 3 aromatic rings. The lowest BCUT2D eigenvalue weighted by Crippen LogP contribution is -2.48. The first-order chi connectivity index (χ1) is 14.5. The van der Waals surface area contributed by atoms with E-state index in [0.717, 1.165) is 37.2 Å². The summed E-state index contributed by atoms with van der Waals surface area (Å²) in [6, 6.07) is 6.34. The number of piperazine rings is 1. The van der Waals surface area contributed by atoms with Crippen molar-refractivity contribution in [3.05, 3.63) is 40.8 Å². The summed E-state index contributed by atoms with van der Waals surface area (Å²) in [5, 5.41) is 13.3. The van der Waals surface area contributed by atoms with E-state index in [1.807, 2.05) is 10.7 Å². The smallest absolute Gasteiger partial charge is 0.319 e. The van der Waals surface area contributed by atoms with Crippen LogP contribution < -0.4 is 10.6 Å². The first-order valence-electron chi connectivity index (χ1n) is 10.4. The quantitative estimate of drug-likeness (QED) is 0.632. The highest BCUT2D eigenvalue weighted by atomic mass is 32.1. The van der Waals surface area contributed by atoms with Gasteiger partial charge in [0.25, 0.3) is 0 Å². The van der Waals surface area contributed by atoms with Gasteiger partial charge in [-0.1, -0.05) is 6.07 Å². The van der Waals surface area contributed by atoms with Gasteiger partial charge in [-0.2, -0.15) is 5.10 Å². The number of rotatable bonds is 6. The number of likely N-dealkylation sites (N-methyl/N-ethyl adjacent to an activating group) is 1. The first kappa shape index (κ1) is 20.8. The van der Waals surface area contributed by atoms with Gasteiger partial charge in [0.2, 0.25) is 0 Å². The van der Waals surface area contributed by atoms with Crippen molar-refractivity contribution >= 4 is 34.1 Å². The third kappa shape index (κ3) is 4.63. The van der Waals surface area contributed by atoms with Crippen molar-refractivity contribution in [2.45, 2.75) is 25.9 Å². The van der Waals surface area contributed by atoms with E-state index in [1.54, 1.807) is 23.7 Å². The number of aromatic nitrogens is 3. The number of fused-ring (bicyclic) bond motifs is 1. The van der Waals surface area contributed by atoms with Crippen molar-refractivity contribution in [2.75, 3.05) is 45.1 Å². The second-order valence-electron chi connectivity index (χ2n) is 8.03. The van der Waals surface area contributed by atoms with Gasteiger partial charge in [-0.05, 0) is 38.4 Å². The number of carbonyl (C=O) groups excluding carboxylic acids is 1. The van der Waals surface area contributed by atoms with Gasteiger partial charge in [0.05, 0.1) is 24.1 Å². The molecule has 1 saturated heterocycles. The third-order valence-corrected chi connectivity index (χ3v) is 6.46. The van der Waals surface area contributed by atoms with E-state index in [0.29, 0.717) is 12.2 Å². The van der Waals surface area contributed by atoms with Crippen LogP contribution >= 0.6 is 11.3 Å². The van der Waals surface area contributed by atoms with Gasteiger partial charge in [0.1, 0.15) is 0 Å². The molecule has 1 atom stereocenters. The molecule has 0 saturated carbocycles. The van der Waals surface area contributed by atoms with Gasteiger partial charge < -0.3 is 15.5 Å². The number of hydrogen-bond donors (Lipinski definition) is 2. The number of urea groups is 1. The Morgan fingerprint density at radius 3 is 2.73 bits per heavy atom. The number of nitrogens with one attached hydrogen (secondary N) is 2. The largest absolute Gasteiger partial charge is 0.336 e. The summed E-state index contributed by atoms with van der Waals surface area (Å²) < 4.78 is 1.88. The number of pyridine rings is 1. The second-order valence-corrected chi connectivity index (χ2v) is 9.00. The van der Waals surface area contributed by atoms with E-state index in [4.69, 9.17) is 0 Å². The molecule has 1 fully saturated rings. The molecule has 160 valence electrons. The van der Waals surface area contributed by atoms with Crippen molar-refractivity contribution in [1.29, 1.82) is 0 Å². The summed E-state index contributed by atoms with van der Waals surface area (Å²) >= 11 is 1.74. The summed E-state index contributed by atoms with van der Waals surface area (Å²) in [4.78, 5) is 23.1. The minimum absolute atomic E-state index is 0.189. The van der Waals surface area contributed by atoms with Gasteiger partial charge in [-0.15, -0.1) is 11.3 Å². The molecule has 1 aliphatic rings. The van der Waals surface area contributed by atoms with Crippen molar-refractivity contribution in [2.24, 2.45) is 0 Å². The van der Waals surface area contributed by atoms with E-state index in [9.17, 15) is 4.79 Å². The molecule has 8 nitrogen and oxygen atoms in total. The minimum atomic E-state index is -0.219. The Bertz CT molecular complexity index is 977. The number of thiophene rings is 1. The lowest BCUT2D eigenvalue weighted by Gasteiger charge is -2.37. The molecule has 3 aromatic heterocycles. The topological polar surface area (TPSA) is 78.3 Å². The molecule has 9 heteroatoms. The highest BCUT2D eigenvalue weighted by molar-refractivity contribution is 7.10. The monoisotopic (exact) mass is 427 g/mol. The molecule has 0 aromatic carbocycles. The Morgan fingerprint density at radius 1 is 1.23 bits per heavy atom. The Labute approximate surface area is 180 Å². The van der Waals surface area contributed by atoms with E-state index in [1.165, 1.54) is 4.88 Å². The van der Waals surface area contributed by atoms with Crippen LogP contribution in [0.3, 0.4) is 0 Å². The van der Waals surface area contributed by atoms with Crippen LogP contribution in [0, 0.1) is 0 Å². The fraction of sp³-hybridized carbons (Fsp3) is 0.476. The highest BCUT2D eigenvalue weighted by Gasteiger charge is 2.25. The molecule has 2 N–H and O–H groups in total. The summed E-state index contributed by atoms with van der Waals surface area (Å²) in [6.07, 6.45) is 3.46. The number of amides is 2. The predicted octanol–water partition coefficient (Wildman–Crippen LogP) is 3.18. The molecule has 1 aliphatic heterocycles. The molecule has 0 spiro atoms. The fourth-order valence-electron chi connectivity index (χ4n) is 3.78. The summed E-state index contributed by atoms with van der Waals surface area (Å²) in [5.41, 5.74) is 1.49. The molecule has 0 bridgehead atoms. The van der Waals surface area contributed by atoms with Crippen LogP contribution in [0.4, 0.5) is 10.5 Å². The highest BCUT2D eigenvalue weighted by Crippen LogP contribution is 2.25. The number of anilines is 1. The van der Waals surface area contributed by atoms with Crippen molar-refractivity contribution < 1.29 is 4.79 Å². The summed E-state index contributed by atoms with van der Waals surface area (Å²) in [7, 11) is 2.15. The second kappa shape index (κ2) is 9.11. The predicted molar refractivity (Wildman–Crippen MR) is 121 cm³/mol. The average Bonchev–Trinajstić information content (AvgIpc) is 3.39. The molecule has 4 rings (SSSR count). The number of carbonyl (C=O) groups is 1. The normalized spacial score (nSPS) is 16.8. The molecule has 0 aliphatic carbocycles. The van der Waals surface area contributed by atoms with E-state index < -0.39 is 0 Å². The van der Waals surface area contributed by atoms with E-state index >= 15 is 0 Å². The third-order valence-electron chi connectivity index (χ3n) is 5.49. The van der Waals surface area contributed by atoms with Crippen molar-refractivity contribution in [3.63, 3.8) is 0 Å². The number of hydrogen-bond acceptors (Lipinski definition) is 6. The zero-order chi connectivity index (χ0) is 21.1. The average molecular weight is 428 g/mol. The van der Waals surface area contributed by atoms with Gasteiger partial charge in [0, 0.05) is 49.0 Å². The van der Waals surface area contributed by atoms with Gasteiger partial charge in [-0.25, -0.2) is 14.5 Å². The molecule has 4 heterocycles. The SMILES string of the molecule is CC(C)n1ncc2cc(NC(=O)NC[C@H](c3cccs3)N3CCN(C)CC3)cnc21. The number of nitrogens with zero attached hydrogens (tertiary/aromatic N) is 5. The lowest BCUT2D eigenvalue weighted by atomic mass is 10.1. The Balaban J connectivity index is 1.39. The summed E-state index contributed by atoms with van der Waals surface area (Å²) in [6.45, 7) is 8.80. The van der Waals surface area contributed by atoms with Crippen LogP contribution in [-0.2, 0) is 0 Å². The van der Waals surface area contributed by atoms with Crippen LogP contribution in [-0.4, -0.2) is 70.4 Å². The summed E-state index contributed by atoms with van der Waals surface area (Å²) in [5.74, 6) is 0. The van der Waals surface area contributed by atoms with Crippen molar-refractivity contribution in [3.8, 4) is 0 Å². The Kier molecular flexibility index (Phi) is 6.31. The van der Waals surface area contributed by atoms with Crippen molar-refractivity contribution in [1.82, 2.24) is 29.9 Å². The molecule has 0 unspecified atom stereocenters. The Hall–Kier alpha value is -2.49. The molecule has 0 radical (unpaired) electrons. The maximum atomic E-state index is 12.6. The zero-order valence-corrected chi connectivity index (χ0v) is 18.5. The lowest BCUT2D eigenvalue weighted by molar-refractivity contribution is 0.113. The standard InChI is InChI=1S/C21H29N7OS/c1-15(2)28-20-16(12-24-28)11-17(13-22-20)25-21(29)23-14-18(19-5-4-10-30-19)27-8-6-26(3)7-9-27/h4-5,10-13,15,18H,6-9,14H2,1-3H3,(H2,23,25,29)/t18-/m1/s1. The van der Waals surface area contributed by atoms with Crippen LogP contribution in [0.25, 0.3) is 11.0 Å². The van der Waals surface area contributed by atoms with Gasteiger partial charge in [-0.3, -0.25) is 4.90 Å². The fourth-order valence-corrected chi connectivity index (χ4v) is 4.64. The van der Waals surface area contributed by atoms with Gasteiger partial charge >= 0.3 is 6.03 Å². The Morgan fingerprint density at radius 2 is 2.03 bits per heavy atom.